The van der Waals surface area contributed by atoms with Crippen LogP contribution in [0.2, 0.25) is 0 Å². The van der Waals surface area contributed by atoms with E-state index in [1.807, 2.05) is 18.2 Å². The summed E-state index contributed by atoms with van der Waals surface area (Å²) in [5.74, 6) is 1.05. The van der Waals surface area contributed by atoms with E-state index in [0.29, 0.717) is 45.0 Å². The lowest BCUT2D eigenvalue weighted by atomic mass is 10.2. The molecule has 2 aromatic rings. The van der Waals surface area contributed by atoms with Gasteiger partial charge in [-0.05, 0) is 42.8 Å². The normalized spacial score (nSPS) is 17.8. The van der Waals surface area contributed by atoms with Gasteiger partial charge in [0.25, 0.3) is 0 Å². The molecule has 0 N–H and O–H groups in total. The summed E-state index contributed by atoms with van der Waals surface area (Å²) in [6.45, 7) is 4.51. The van der Waals surface area contributed by atoms with E-state index in [9.17, 15) is 12.8 Å². The molecule has 2 aliphatic rings. The number of hydrogen-bond donors (Lipinski definition) is 0. The first-order chi connectivity index (χ1) is 12.9. The summed E-state index contributed by atoms with van der Waals surface area (Å²) >= 11 is 0. The Labute approximate surface area is 158 Å². The summed E-state index contributed by atoms with van der Waals surface area (Å²) < 4.78 is 51.7. The molecular formula is C19H21FN2O4S. The van der Waals surface area contributed by atoms with Gasteiger partial charge in [-0.1, -0.05) is 0 Å². The lowest BCUT2D eigenvalue weighted by Crippen LogP contribution is -2.48. The Balaban J connectivity index is 1.47. The lowest BCUT2D eigenvalue weighted by Gasteiger charge is -2.35. The molecule has 0 spiro atoms. The third kappa shape index (κ3) is 3.46. The van der Waals surface area contributed by atoms with E-state index in [2.05, 4.69) is 4.90 Å². The summed E-state index contributed by atoms with van der Waals surface area (Å²) in [6, 6.07) is 9.69. The molecule has 8 heteroatoms. The number of fused-ring (bicyclic) bond motifs is 1. The number of nitrogens with zero attached hydrogens (tertiary/aromatic N) is 2. The fourth-order valence-electron chi connectivity index (χ4n) is 3.34. The molecule has 4 rings (SSSR count). The number of halogens is 1. The third-order valence-electron chi connectivity index (χ3n) is 4.90. The minimum Gasteiger partial charge on any atom is -0.486 e. The van der Waals surface area contributed by atoms with Gasteiger partial charge in [0.15, 0.2) is 11.5 Å². The van der Waals surface area contributed by atoms with Crippen molar-refractivity contribution in [3.05, 3.63) is 47.8 Å². The van der Waals surface area contributed by atoms with Crippen molar-refractivity contribution in [3.63, 3.8) is 0 Å². The molecule has 0 unspecified atom stereocenters. The van der Waals surface area contributed by atoms with E-state index in [-0.39, 0.29) is 4.90 Å². The minimum atomic E-state index is -3.63. The average Bonchev–Trinajstić information content (AvgIpc) is 2.69. The van der Waals surface area contributed by atoms with E-state index >= 15 is 0 Å². The fourth-order valence-corrected chi connectivity index (χ4v) is 4.85. The van der Waals surface area contributed by atoms with Crippen LogP contribution < -0.4 is 14.4 Å². The van der Waals surface area contributed by atoms with Crippen molar-refractivity contribution in [2.45, 2.75) is 11.8 Å². The molecule has 1 saturated heterocycles. The largest absolute Gasteiger partial charge is 0.486 e. The van der Waals surface area contributed by atoms with Crippen LogP contribution in [0.4, 0.5) is 10.1 Å². The molecule has 144 valence electrons. The number of anilines is 1. The third-order valence-corrected chi connectivity index (χ3v) is 6.79. The van der Waals surface area contributed by atoms with Gasteiger partial charge in [0.05, 0.1) is 4.90 Å². The fraction of sp³-hybridized carbons (Fsp3) is 0.368. The van der Waals surface area contributed by atoms with Gasteiger partial charge in [0.1, 0.15) is 19.0 Å². The number of aryl methyl sites for hydroxylation is 1. The Morgan fingerprint density at radius 3 is 2.33 bits per heavy atom. The molecule has 2 aromatic carbocycles. The topological polar surface area (TPSA) is 59.1 Å². The Morgan fingerprint density at radius 1 is 0.926 bits per heavy atom. The van der Waals surface area contributed by atoms with Crippen LogP contribution in [0, 0.1) is 12.7 Å². The van der Waals surface area contributed by atoms with Crippen molar-refractivity contribution in [3.8, 4) is 11.5 Å². The van der Waals surface area contributed by atoms with E-state index in [4.69, 9.17) is 9.47 Å². The summed E-state index contributed by atoms with van der Waals surface area (Å²) in [5, 5.41) is 0. The number of piperazine rings is 1. The van der Waals surface area contributed by atoms with Crippen molar-refractivity contribution in [2.75, 3.05) is 44.3 Å². The summed E-state index contributed by atoms with van der Waals surface area (Å²) in [4.78, 5) is 2.26. The zero-order chi connectivity index (χ0) is 19.0. The predicted molar refractivity (Wildman–Crippen MR) is 99.5 cm³/mol. The predicted octanol–water partition coefficient (Wildman–Crippen LogP) is 2.42. The molecule has 27 heavy (non-hydrogen) atoms. The standard InChI is InChI=1S/C19H21FN2O4S/c1-14-12-16(3-4-17(14)20)27(23,24)22-8-6-21(7-9-22)15-2-5-18-19(13-15)26-11-10-25-18/h2-5,12-13H,6-11H2,1H3. The van der Waals surface area contributed by atoms with Crippen LogP contribution in [-0.2, 0) is 10.0 Å². The highest BCUT2D eigenvalue weighted by Crippen LogP contribution is 2.34. The Morgan fingerprint density at radius 2 is 1.63 bits per heavy atom. The van der Waals surface area contributed by atoms with Gasteiger partial charge in [-0.25, -0.2) is 12.8 Å². The molecule has 0 atom stereocenters. The zero-order valence-corrected chi connectivity index (χ0v) is 15.8. The molecule has 2 aliphatic heterocycles. The van der Waals surface area contributed by atoms with Gasteiger partial charge in [0, 0.05) is 37.9 Å². The highest BCUT2D eigenvalue weighted by atomic mass is 32.2. The molecule has 0 saturated carbocycles. The SMILES string of the molecule is Cc1cc(S(=O)(=O)N2CCN(c3ccc4c(c3)OCCO4)CC2)ccc1F. The molecule has 0 amide bonds. The first kappa shape index (κ1) is 18.1. The monoisotopic (exact) mass is 392 g/mol. The van der Waals surface area contributed by atoms with Crippen molar-refractivity contribution >= 4 is 15.7 Å². The second-order valence-corrected chi connectivity index (χ2v) is 8.57. The molecule has 1 fully saturated rings. The van der Waals surface area contributed by atoms with Crippen LogP contribution in [0.3, 0.4) is 0 Å². The van der Waals surface area contributed by atoms with Crippen LogP contribution in [0.25, 0.3) is 0 Å². The van der Waals surface area contributed by atoms with Crippen molar-refractivity contribution in [1.82, 2.24) is 4.31 Å². The molecule has 0 aromatic heterocycles. The molecule has 0 aliphatic carbocycles. The van der Waals surface area contributed by atoms with E-state index in [0.717, 1.165) is 17.2 Å². The Hall–Kier alpha value is -2.32. The first-order valence-corrected chi connectivity index (χ1v) is 10.3. The van der Waals surface area contributed by atoms with Gasteiger partial charge in [-0.3, -0.25) is 0 Å². The molecule has 0 radical (unpaired) electrons. The van der Waals surface area contributed by atoms with E-state index < -0.39 is 15.8 Å². The average molecular weight is 392 g/mol. The van der Waals surface area contributed by atoms with Crippen molar-refractivity contribution < 1.29 is 22.3 Å². The van der Waals surface area contributed by atoms with Crippen molar-refractivity contribution in [1.29, 1.82) is 0 Å². The van der Waals surface area contributed by atoms with Crippen LogP contribution in [0.15, 0.2) is 41.3 Å². The summed E-state index contributed by atoms with van der Waals surface area (Å²) in [6.07, 6.45) is 0. The van der Waals surface area contributed by atoms with Gasteiger partial charge in [-0.2, -0.15) is 4.31 Å². The van der Waals surface area contributed by atoms with Crippen LogP contribution in [0.5, 0.6) is 11.5 Å². The number of sulfonamides is 1. The Kier molecular flexibility index (Phi) is 4.69. The zero-order valence-electron chi connectivity index (χ0n) is 15.0. The summed E-state index contributed by atoms with van der Waals surface area (Å²) in [7, 11) is -3.63. The van der Waals surface area contributed by atoms with Gasteiger partial charge in [-0.15, -0.1) is 0 Å². The molecular weight excluding hydrogens is 371 g/mol. The first-order valence-electron chi connectivity index (χ1n) is 8.86. The van der Waals surface area contributed by atoms with Gasteiger partial charge < -0.3 is 14.4 Å². The molecule has 2 heterocycles. The second-order valence-electron chi connectivity index (χ2n) is 6.63. The quantitative estimate of drug-likeness (QED) is 0.803. The van der Waals surface area contributed by atoms with Gasteiger partial charge >= 0.3 is 0 Å². The maximum absolute atomic E-state index is 13.5. The van der Waals surface area contributed by atoms with E-state index in [1.165, 1.54) is 22.5 Å². The van der Waals surface area contributed by atoms with E-state index in [1.54, 1.807) is 6.92 Å². The summed E-state index contributed by atoms with van der Waals surface area (Å²) in [5.41, 5.74) is 1.31. The lowest BCUT2D eigenvalue weighted by molar-refractivity contribution is 0.171. The molecule has 6 nitrogen and oxygen atoms in total. The van der Waals surface area contributed by atoms with Crippen LogP contribution in [-0.4, -0.2) is 52.1 Å². The molecule has 0 bridgehead atoms. The maximum Gasteiger partial charge on any atom is 0.243 e. The number of hydrogen-bond acceptors (Lipinski definition) is 5. The smallest absolute Gasteiger partial charge is 0.243 e. The maximum atomic E-state index is 13.5. The number of benzene rings is 2. The Bertz CT molecular complexity index is 956. The van der Waals surface area contributed by atoms with Crippen LogP contribution >= 0.6 is 0 Å². The highest BCUT2D eigenvalue weighted by molar-refractivity contribution is 7.89. The van der Waals surface area contributed by atoms with Gasteiger partial charge in [0.2, 0.25) is 10.0 Å². The van der Waals surface area contributed by atoms with Crippen LogP contribution in [0.1, 0.15) is 5.56 Å². The second kappa shape index (κ2) is 7.01. The number of rotatable bonds is 3. The highest BCUT2D eigenvalue weighted by Gasteiger charge is 2.29. The minimum absolute atomic E-state index is 0.133. The van der Waals surface area contributed by atoms with Crippen molar-refractivity contribution in [2.24, 2.45) is 0 Å². The number of ether oxygens (including phenoxy) is 2.